The molecule has 0 unspecified atom stereocenters. The van der Waals surface area contributed by atoms with Crippen LogP contribution in [0.1, 0.15) is 15.9 Å². The van der Waals surface area contributed by atoms with Crippen LogP contribution in [-0.2, 0) is 9.84 Å². The molecule has 0 saturated heterocycles. The lowest BCUT2D eigenvalue weighted by atomic mass is 10.1. The maximum atomic E-state index is 13.4. The monoisotopic (exact) mass is 447 g/mol. The molecule has 0 fully saturated rings. The summed E-state index contributed by atoms with van der Waals surface area (Å²) >= 11 is 0. The van der Waals surface area contributed by atoms with E-state index in [1.807, 2.05) is 0 Å². The molecule has 7 nitrogen and oxygen atoms in total. The van der Waals surface area contributed by atoms with Crippen molar-refractivity contribution in [2.24, 2.45) is 5.73 Å². The molecule has 162 valence electrons. The van der Waals surface area contributed by atoms with E-state index >= 15 is 0 Å². The third-order valence-corrected chi connectivity index (χ3v) is 6.81. The number of nitrogens with two attached hydrogens (primary N) is 1. The maximum Gasteiger partial charge on any atom is 0.252 e. The van der Waals surface area contributed by atoms with Crippen LogP contribution in [0.5, 0.6) is 5.75 Å². The molecule has 0 atom stereocenters. The zero-order valence-corrected chi connectivity index (χ0v) is 18.3. The lowest BCUT2D eigenvalue weighted by Gasteiger charge is -2.16. The van der Waals surface area contributed by atoms with Crippen LogP contribution < -0.4 is 15.8 Å². The maximum absolute atomic E-state index is 13.4. The fourth-order valence-corrected chi connectivity index (χ4v) is 5.03. The van der Waals surface area contributed by atoms with Crippen LogP contribution in [0.2, 0.25) is 0 Å². The number of hydrogen-bond acceptors (Lipinski definition) is 6. The van der Waals surface area contributed by atoms with Crippen molar-refractivity contribution >= 4 is 38.0 Å². The number of nitrogens with zero attached hydrogens (tertiary/aromatic N) is 1. The SMILES string of the molecule is COc1cccc(Nc2c(C(N)=O)cnc3c(S(=O)(=O)c4ccccc4)cc(C)cc23)c1. The smallest absolute Gasteiger partial charge is 0.252 e. The molecular formula is C24H21N3O4S. The van der Waals surface area contributed by atoms with Crippen molar-refractivity contribution in [2.45, 2.75) is 16.7 Å². The Hall–Kier alpha value is -3.91. The first kappa shape index (κ1) is 21.3. The van der Waals surface area contributed by atoms with E-state index in [2.05, 4.69) is 10.3 Å². The largest absolute Gasteiger partial charge is 0.497 e. The molecule has 3 aromatic carbocycles. The van der Waals surface area contributed by atoms with Gasteiger partial charge >= 0.3 is 0 Å². The molecule has 0 aliphatic rings. The minimum atomic E-state index is -3.85. The number of aryl methyl sites for hydroxylation is 1. The molecule has 0 radical (unpaired) electrons. The van der Waals surface area contributed by atoms with Crippen LogP contribution in [-0.4, -0.2) is 26.4 Å². The van der Waals surface area contributed by atoms with Gasteiger partial charge in [0.2, 0.25) is 9.84 Å². The Morgan fingerprint density at radius 2 is 1.78 bits per heavy atom. The summed E-state index contributed by atoms with van der Waals surface area (Å²) in [6, 6.07) is 18.7. The molecular weight excluding hydrogens is 426 g/mol. The molecule has 3 N–H and O–H groups in total. The van der Waals surface area contributed by atoms with Gasteiger partial charge < -0.3 is 15.8 Å². The molecule has 1 heterocycles. The van der Waals surface area contributed by atoms with E-state index in [4.69, 9.17) is 10.5 Å². The number of methoxy groups -OCH3 is 1. The highest BCUT2D eigenvalue weighted by molar-refractivity contribution is 7.91. The number of benzene rings is 3. The van der Waals surface area contributed by atoms with Crippen molar-refractivity contribution in [1.82, 2.24) is 4.98 Å². The van der Waals surface area contributed by atoms with E-state index < -0.39 is 15.7 Å². The first-order valence-corrected chi connectivity index (χ1v) is 11.2. The Labute approximate surface area is 185 Å². The Balaban J connectivity index is 1.99. The summed E-state index contributed by atoms with van der Waals surface area (Å²) in [5.41, 5.74) is 7.72. The predicted molar refractivity (Wildman–Crippen MR) is 123 cm³/mol. The third kappa shape index (κ3) is 3.88. The molecule has 1 amide bonds. The van der Waals surface area contributed by atoms with E-state index in [0.717, 1.165) is 0 Å². The molecule has 0 saturated carbocycles. The number of aromatic nitrogens is 1. The van der Waals surface area contributed by atoms with Crippen LogP contribution in [0, 0.1) is 6.92 Å². The Morgan fingerprint density at radius 3 is 2.47 bits per heavy atom. The van der Waals surface area contributed by atoms with Crippen molar-refractivity contribution in [3.63, 3.8) is 0 Å². The quantitative estimate of drug-likeness (QED) is 0.458. The summed E-state index contributed by atoms with van der Waals surface area (Å²) < 4.78 is 32.1. The number of carbonyl (C=O) groups excluding carboxylic acids is 1. The second kappa shape index (κ2) is 8.32. The minimum Gasteiger partial charge on any atom is -0.497 e. The summed E-state index contributed by atoms with van der Waals surface area (Å²) in [5, 5.41) is 3.67. The van der Waals surface area contributed by atoms with Crippen LogP contribution >= 0.6 is 0 Å². The number of carbonyl (C=O) groups is 1. The van der Waals surface area contributed by atoms with Gasteiger partial charge in [-0.1, -0.05) is 24.3 Å². The van der Waals surface area contributed by atoms with Crippen LogP contribution in [0.4, 0.5) is 11.4 Å². The number of ether oxygens (including phenoxy) is 1. The highest BCUT2D eigenvalue weighted by Crippen LogP contribution is 2.35. The Bertz CT molecular complexity index is 1430. The number of anilines is 2. The zero-order valence-electron chi connectivity index (χ0n) is 17.5. The van der Waals surface area contributed by atoms with Crippen molar-refractivity contribution in [2.75, 3.05) is 12.4 Å². The van der Waals surface area contributed by atoms with E-state index in [1.54, 1.807) is 68.6 Å². The third-order valence-electron chi connectivity index (χ3n) is 5.03. The van der Waals surface area contributed by atoms with Crippen molar-refractivity contribution in [1.29, 1.82) is 0 Å². The molecule has 0 aliphatic carbocycles. The van der Waals surface area contributed by atoms with Gasteiger partial charge in [0.15, 0.2) is 0 Å². The van der Waals surface area contributed by atoms with Crippen LogP contribution in [0.15, 0.2) is 82.7 Å². The summed E-state index contributed by atoms with van der Waals surface area (Å²) in [6.07, 6.45) is 1.30. The van der Waals surface area contributed by atoms with Gasteiger partial charge in [0.25, 0.3) is 5.91 Å². The number of pyridine rings is 1. The van der Waals surface area contributed by atoms with Crippen molar-refractivity contribution in [3.8, 4) is 5.75 Å². The summed E-state index contributed by atoms with van der Waals surface area (Å²) in [7, 11) is -2.29. The van der Waals surface area contributed by atoms with Crippen LogP contribution in [0.3, 0.4) is 0 Å². The van der Waals surface area contributed by atoms with E-state index in [1.165, 1.54) is 18.3 Å². The molecule has 32 heavy (non-hydrogen) atoms. The molecule has 0 bridgehead atoms. The van der Waals surface area contributed by atoms with E-state index in [9.17, 15) is 13.2 Å². The lowest BCUT2D eigenvalue weighted by Crippen LogP contribution is -2.15. The van der Waals surface area contributed by atoms with Crippen LogP contribution in [0.25, 0.3) is 10.9 Å². The number of sulfone groups is 1. The minimum absolute atomic E-state index is 0.0587. The molecule has 0 aliphatic heterocycles. The summed E-state index contributed by atoms with van der Waals surface area (Å²) in [5.74, 6) is -0.0590. The van der Waals surface area contributed by atoms with Gasteiger partial charge in [0, 0.05) is 23.3 Å². The zero-order chi connectivity index (χ0) is 22.9. The second-order valence-corrected chi connectivity index (χ2v) is 9.16. The van der Waals surface area contributed by atoms with Crippen molar-refractivity contribution < 1.29 is 17.9 Å². The number of nitrogens with one attached hydrogen (secondary N) is 1. The number of amides is 1. The van der Waals surface area contributed by atoms with Gasteiger partial charge in [-0.25, -0.2) is 8.42 Å². The first-order valence-electron chi connectivity index (χ1n) is 9.75. The van der Waals surface area contributed by atoms with Gasteiger partial charge in [0.05, 0.1) is 33.7 Å². The van der Waals surface area contributed by atoms with Gasteiger partial charge in [-0.3, -0.25) is 9.78 Å². The highest BCUT2D eigenvalue weighted by Gasteiger charge is 2.24. The Kier molecular flexibility index (Phi) is 5.54. The van der Waals surface area contributed by atoms with E-state index in [-0.39, 0.29) is 20.9 Å². The average Bonchev–Trinajstić information content (AvgIpc) is 2.79. The average molecular weight is 448 g/mol. The first-order chi connectivity index (χ1) is 15.3. The Morgan fingerprint density at radius 1 is 1.03 bits per heavy atom. The van der Waals surface area contributed by atoms with E-state index in [0.29, 0.717) is 28.1 Å². The van der Waals surface area contributed by atoms with Gasteiger partial charge in [0.1, 0.15) is 5.75 Å². The topological polar surface area (TPSA) is 111 Å². The van der Waals surface area contributed by atoms with Crippen molar-refractivity contribution in [3.05, 3.63) is 84.1 Å². The normalized spacial score (nSPS) is 11.3. The number of primary amides is 1. The number of fused-ring (bicyclic) bond motifs is 1. The fraction of sp³-hybridized carbons (Fsp3) is 0.0833. The molecule has 1 aromatic heterocycles. The molecule has 4 rings (SSSR count). The molecule has 8 heteroatoms. The van der Waals surface area contributed by atoms with Gasteiger partial charge in [-0.05, 0) is 48.9 Å². The summed E-state index contributed by atoms with van der Waals surface area (Å²) in [6.45, 7) is 1.79. The number of hydrogen-bond donors (Lipinski definition) is 2. The molecule has 4 aromatic rings. The number of rotatable bonds is 6. The lowest BCUT2D eigenvalue weighted by molar-refractivity contribution is 0.100. The molecule has 0 spiro atoms. The predicted octanol–water partition coefficient (Wildman–Crippen LogP) is 4.23. The second-order valence-electron chi connectivity index (χ2n) is 7.24. The van der Waals surface area contributed by atoms with Gasteiger partial charge in [-0.15, -0.1) is 0 Å². The highest BCUT2D eigenvalue weighted by atomic mass is 32.2. The van der Waals surface area contributed by atoms with Gasteiger partial charge in [-0.2, -0.15) is 0 Å². The summed E-state index contributed by atoms with van der Waals surface area (Å²) in [4.78, 5) is 16.7. The standard InChI is InChI=1S/C24H21N3O4S/c1-15-11-19-22(27-16-7-6-8-17(13-16)31-2)20(24(25)28)14-26-23(19)21(12-15)32(29,30)18-9-4-3-5-10-18/h3-14H,1-2H3,(H2,25,28)(H,26,27). The fourth-order valence-electron chi connectivity index (χ4n) is 3.51.